The molecule has 0 aliphatic carbocycles. The molecular formula is C15H19N3O2. The van der Waals surface area contributed by atoms with Gasteiger partial charge in [0.2, 0.25) is 0 Å². The van der Waals surface area contributed by atoms with Crippen molar-refractivity contribution < 1.29 is 9.53 Å². The fourth-order valence-electron chi connectivity index (χ4n) is 2.31. The summed E-state index contributed by atoms with van der Waals surface area (Å²) in [5.74, 6) is 0.432. The number of pyridine rings is 1. The molecule has 5 heteroatoms. The van der Waals surface area contributed by atoms with Crippen molar-refractivity contribution in [3.8, 4) is 6.07 Å². The van der Waals surface area contributed by atoms with Gasteiger partial charge in [-0.25, -0.2) is 9.78 Å². The highest BCUT2D eigenvalue weighted by Gasteiger charge is 2.24. The van der Waals surface area contributed by atoms with Crippen molar-refractivity contribution in [2.24, 2.45) is 5.92 Å². The Kier molecular flexibility index (Phi) is 4.57. The molecule has 106 valence electrons. The summed E-state index contributed by atoms with van der Waals surface area (Å²) in [6.45, 7) is 5.15. The predicted octanol–water partition coefficient (Wildman–Crippen LogP) is 2.39. The van der Waals surface area contributed by atoms with Crippen LogP contribution in [-0.4, -0.2) is 30.1 Å². The Morgan fingerprint density at radius 2 is 2.20 bits per heavy atom. The number of nitriles is 1. The highest BCUT2D eigenvalue weighted by molar-refractivity contribution is 5.94. The number of carbonyl (C=O) groups excluding carboxylic acids is 1. The molecule has 1 aromatic heterocycles. The highest BCUT2D eigenvalue weighted by atomic mass is 16.5. The number of ether oxygens (including phenoxy) is 1. The molecule has 0 bridgehead atoms. The normalized spacial score (nSPS) is 16.0. The highest BCUT2D eigenvalue weighted by Crippen LogP contribution is 2.24. The molecule has 0 atom stereocenters. The van der Waals surface area contributed by atoms with Crippen LogP contribution in [0.1, 0.15) is 37.0 Å². The van der Waals surface area contributed by atoms with Gasteiger partial charge in [-0.05, 0) is 38.8 Å². The molecule has 1 aliphatic heterocycles. The first-order valence-corrected chi connectivity index (χ1v) is 6.92. The van der Waals surface area contributed by atoms with Gasteiger partial charge in [0.05, 0.1) is 12.2 Å². The third-order valence-electron chi connectivity index (χ3n) is 3.33. The maximum absolute atomic E-state index is 12.1. The molecule has 0 radical (unpaired) electrons. The Hall–Kier alpha value is -2.09. The van der Waals surface area contributed by atoms with Gasteiger partial charge in [-0.15, -0.1) is 0 Å². The van der Waals surface area contributed by atoms with Crippen LogP contribution in [-0.2, 0) is 4.74 Å². The van der Waals surface area contributed by atoms with Crippen molar-refractivity contribution in [3.05, 3.63) is 23.9 Å². The molecule has 0 spiro atoms. The van der Waals surface area contributed by atoms with Gasteiger partial charge in [-0.3, -0.25) is 0 Å². The van der Waals surface area contributed by atoms with E-state index in [0.29, 0.717) is 11.4 Å². The van der Waals surface area contributed by atoms with E-state index in [0.717, 1.165) is 25.9 Å². The summed E-state index contributed by atoms with van der Waals surface area (Å²) in [6.07, 6.45) is 3.15. The third kappa shape index (κ3) is 3.27. The van der Waals surface area contributed by atoms with E-state index >= 15 is 0 Å². The van der Waals surface area contributed by atoms with Crippen LogP contribution in [0.25, 0.3) is 0 Å². The molecule has 5 nitrogen and oxygen atoms in total. The molecule has 1 aliphatic rings. The molecule has 2 rings (SSSR count). The van der Waals surface area contributed by atoms with Crippen molar-refractivity contribution >= 4 is 11.8 Å². The Morgan fingerprint density at radius 1 is 1.50 bits per heavy atom. The van der Waals surface area contributed by atoms with Crippen LogP contribution in [0, 0.1) is 17.2 Å². The number of carbonyl (C=O) groups is 1. The monoisotopic (exact) mass is 273 g/mol. The fourth-order valence-corrected chi connectivity index (χ4v) is 2.31. The van der Waals surface area contributed by atoms with E-state index in [1.54, 1.807) is 18.3 Å². The van der Waals surface area contributed by atoms with Gasteiger partial charge in [0.25, 0.3) is 0 Å². The van der Waals surface area contributed by atoms with Crippen molar-refractivity contribution in [2.45, 2.75) is 32.8 Å². The van der Waals surface area contributed by atoms with E-state index in [9.17, 15) is 4.79 Å². The Morgan fingerprint density at radius 3 is 2.80 bits per heavy atom. The summed E-state index contributed by atoms with van der Waals surface area (Å²) in [4.78, 5) is 18.5. The molecule has 1 fully saturated rings. The van der Waals surface area contributed by atoms with Crippen LogP contribution >= 0.6 is 0 Å². The van der Waals surface area contributed by atoms with E-state index in [1.807, 2.05) is 13.8 Å². The zero-order valence-corrected chi connectivity index (χ0v) is 11.9. The zero-order valence-electron chi connectivity index (χ0n) is 11.9. The summed E-state index contributed by atoms with van der Waals surface area (Å²) in [5, 5.41) is 8.93. The first-order chi connectivity index (χ1) is 9.61. The lowest BCUT2D eigenvalue weighted by molar-refractivity contribution is 0.0378. The number of hydrogen-bond acceptors (Lipinski definition) is 5. The van der Waals surface area contributed by atoms with E-state index in [-0.39, 0.29) is 18.0 Å². The average Bonchev–Trinajstić information content (AvgIpc) is 2.46. The van der Waals surface area contributed by atoms with Gasteiger partial charge in [-0.2, -0.15) is 5.26 Å². The van der Waals surface area contributed by atoms with Crippen LogP contribution in [0.2, 0.25) is 0 Å². The molecule has 0 unspecified atom stereocenters. The van der Waals surface area contributed by atoms with Crippen molar-refractivity contribution in [2.75, 3.05) is 18.0 Å². The number of hydrogen-bond donors (Lipinski definition) is 0. The van der Waals surface area contributed by atoms with Gasteiger partial charge in [0.15, 0.2) is 0 Å². The quantitative estimate of drug-likeness (QED) is 0.791. The summed E-state index contributed by atoms with van der Waals surface area (Å²) in [7, 11) is 0. The fraction of sp³-hybridized carbons (Fsp3) is 0.533. The summed E-state index contributed by atoms with van der Waals surface area (Å²) in [6, 6.07) is 5.78. The lowest BCUT2D eigenvalue weighted by Gasteiger charge is -2.31. The summed E-state index contributed by atoms with van der Waals surface area (Å²) in [5.41, 5.74) is 0.497. The smallest absolute Gasteiger partial charge is 0.342 e. The largest absolute Gasteiger partial charge is 0.459 e. The number of rotatable bonds is 3. The molecule has 0 amide bonds. The van der Waals surface area contributed by atoms with Crippen LogP contribution in [0.5, 0.6) is 0 Å². The Bertz CT molecular complexity index is 514. The van der Waals surface area contributed by atoms with Crippen LogP contribution in [0.3, 0.4) is 0 Å². The average molecular weight is 273 g/mol. The minimum Gasteiger partial charge on any atom is -0.459 e. The first-order valence-electron chi connectivity index (χ1n) is 6.92. The van der Waals surface area contributed by atoms with Gasteiger partial charge in [0.1, 0.15) is 11.4 Å². The molecule has 0 aromatic carbocycles. The molecule has 0 N–H and O–H groups in total. The first kappa shape index (κ1) is 14.3. The standard InChI is InChI=1S/C15H19N3O2/c1-11(2)20-15(19)13-4-3-7-17-14(13)18-8-5-12(10-16)6-9-18/h3-4,7,11-12H,5-6,8-9H2,1-2H3. The van der Waals surface area contributed by atoms with E-state index in [4.69, 9.17) is 10.00 Å². The van der Waals surface area contributed by atoms with E-state index in [2.05, 4.69) is 16.0 Å². The SMILES string of the molecule is CC(C)OC(=O)c1cccnc1N1CCC(C#N)CC1. The van der Waals surface area contributed by atoms with E-state index in [1.165, 1.54) is 0 Å². The second-order valence-electron chi connectivity index (χ2n) is 5.22. The maximum Gasteiger partial charge on any atom is 0.342 e. The van der Waals surface area contributed by atoms with Gasteiger partial charge in [0, 0.05) is 25.2 Å². The third-order valence-corrected chi connectivity index (χ3v) is 3.33. The van der Waals surface area contributed by atoms with Crippen LogP contribution in [0.4, 0.5) is 5.82 Å². The molecular weight excluding hydrogens is 254 g/mol. The number of nitrogens with zero attached hydrogens (tertiary/aromatic N) is 3. The zero-order chi connectivity index (χ0) is 14.5. The molecule has 20 heavy (non-hydrogen) atoms. The molecule has 1 saturated heterocycles. The topological polar surface area (TPSA) is 66.2 Å². The number of aromatic nitrogens is 1. The molecule has 0 saturated carbocycles. The minimum absolute atomic E-state index is 0.112. The number of anilines is 1. The lowest BCUT2D eigenvalue weighted by atomic mass is 9.98. The van der Waals surface area contributed by atoms with Gasteiger partial charge >= 0.3 is 5.97 Å². The van der Waals surface area contributed by atoms with Crippen molar-refractivity contribution in [1.82, 2.24) is 4.98 Å². The van der Waals surface area contributed by atoms with Crippen LogP contribution < -0.4 is 4.90 Å². The maximum atomic E-state index is 12.1. The van der Waals surface area contributed by atoms with Gasteiger partial charge in [-0.1, -0.05) is 0 Å². The van der Waals surface area contributed by atoms with Gasteiger partial charge < -0.3 is 9.64 Å². The van der Waals surface area contributed by atoms with Crippen LogP contribution in [0.15, 0.2) is 18.3 Å². The molecule has 1 aromatic rings. The number of piperidine rings is 1. The van der Waals surface area contributed by atoms with Crippen molar-refractivity contribution in [1.29, 1.82) is 5.26 Å². The lowest BCUT2D eigenvalue weighted by Crippen LogP contribution is -2.35. The summed E-state index contributed by atoms with van der Waals surface area (Å²) < 4.78 is 5.25. The Balaban J connectivity index is 2.16. The molecule has 2 heterocycles. The second kappa shape index (κ2) is 6.38. The van der Waals surface area contributed by atoms with Crippen molar-refractivity contribution in [3.63, 3.8) is 0 Å². The number of esters is 1. The summed E-state index contributed by atoms with van der Waals surface area (Å²) >= 11 is 0. The minimum atomic E-state index is -0.342. The second-order valence-corrected chi connectivity index (χ2v) is 5.22. The van der Waals surface area contributed by atoms with E-state index < -0.39 is 0 Å². The Labute approximate surface area is 119 Å². The predicted molar refractivity (Wildman–Crippen MR) is 75.3 cm³/mol.